The molecule has 1 saturated heterocycles. The van der Waals surface area contributed by atoms with E-state index in [-0.39, 0.29) is 17.2 Å². The second-order valence-electron chi connectivity index (χ2n) is 9.39. The zero-order valence-electron chi connectivity index (χ0n) is 20.7. The van der Waals surface area contributed by atoms with Crippen molar-refractivity contribution in [3.05, 3.63) is 81.1 Å². The van der Waals surface area contributed by atoms with Crippen LogP contribution in [-0.4, -0.2) is 48.2 Å². The number of alkyl halides is 3. The highest BCUT2D eigenvalue weighted by molar-refractivity contribution is 6.05. The Kier molecular flexibility index (Phi) is 8.31. The van der Waals surface area contributed by atoms with Crippen molar-refractivity contribution < 1.29 is 22.7 Å². The summed E-state index contributed by atoms with van der Waals surface area (Å²) in [4.78, 5) is 27.1. The maximum atomic E-state index is 12.9. The van der Waals surface area contributed by atoms with Gasteiger partial charge >= 0.3 is 6.18 Å². The van der Waals surface area contributed by atoms with Crippen LogP contribution >= 0.6 is 0 Å². The van der Waals surface area contributed by atoms with Crippen LogP contribution < -0.4 is 16.6 Å². The summed E-state index contributed by atoms with van der Waals surface area (Å²) in [5.41, 5.74) is 7.17. The Morgan fingerprint density at radius 3 is 2.35 bits per heavy atom. The summed E-state index contributed by atoms with van der Waals surface area (Å²) in [5.74, 6) is -0.639. The maximum Gasteiger partial charge on any atom is 0.416 e. The molecule has 198 valence electrons. The average Bonchev–Trinajstić information content (AvgIpc) is 2.87. The molecule has 0 spiro atoms. The number of amides is 1. The van der Waals surface area contributed by atoms with E-state index in [1.54, 1.807) is 17.7 Å². The Hall–Kier alpha value is -3.21. The number of rotatable bonds is 9. The number of piperidine rings is 1. The van der Waals surface area contributed by atoms with Gasteiger partial charge in [-0.25, -0.2) is 0 Å². The lowest BCUT2D eigenvalue weighted by molar-refractivity contribution is -0.137. The maximum absolute atomic E-state index is 12.9. The third-order valence-corrected chi connectivity index (χ3v) is 6.86. The van der Waals surface area contributed by atoms with E-state index in [0.29, 0.717) is 37.1 Å². The smallest absolute Gasteiger partial charge is 0.380 e. The summed E-state index contributed by atoms with van der Waals surface area (Å²) in [6, 6.07) is 12.3. The monoisotopic (exact) mass is 516 g/mol. The third-order valence-electron chi connectivity index (χ3n) is 6.86. The molecule has 0 bridgehead atoms. The molecule has 1 aliphatic rings. The highest BCUT2D eigenvalue weighted by Crippen LogP contribution is 2.29. The zero-order chi connectivity index (χ0) is 26.6. The number of likely N-dealkylation sites (tertiary alicyclic amines) is 1. The van der Waals surface area contributed by atoms with Crippen LogP contribution in [0.1, 0.15) is 39.9 Å². The first-order valence-corrected chi connectivity index (χ1v) is 12.2. The molecule has 1 amide bonds. The fraction of sp³-hybridized carbons (Fsp3) is 0.407. The fourth-order valence-corrected chi connectivity index (χ4v) is 4.79. The summed E-state index contributed by atoms with van der Waals surface area (Å²) >= 11 is 0. The first-order valence-electron chi connectivity index (χ1n) is 12.2. The van der Waals surface area contributed by atoms with Gasteiger partial charge in [0.15, 0.2) is 0 Å². The number of halogens is 3. The number of nitrogens with zero attached hydrogens (tertiary/aromatic N) is 2. The van der Waals surface area contributed by atoms with Crippen LogP contribution in [0.3, 0.4) is 0 Å². The molecule has 37 heavy (non-hydrogen) atoms. The van der Waals surface area contributed by atoms with Gasteiger partial charge in [-0.2, -0.15) is 13.2 Å². The van der Waals surface area contributed by atoms with Gasteiger partial charge in [0, 0.05) is 44.2 Å². The number of benzene rings is 2. The van der Waals surface area contributed by atoms with E-state index in [1.807, 2.05) is 12.1 Å². The quantitative estimate of drug-likeness (QED) is 0.454. The van der Waals surface area contributed by atoms with Crippen LogP contribution in [0.25, 0.3) is 10.9 Å². The van der Waals surface area contributed by atoms with Crippen molar-refractivity contribution >= 4 is 16.8 Å². The number of aromatic nitrogens is 1. The number of hydrogen-bond acceptors (Lipinski definition) is 5. The van der Waals surface area contributed by atoms with Gasteiger partial charge in [0.2, 0.25) is 5.91 Å². The molecule has 0 unspecified atom stereocenters. The predicted molar refractivity (Wildman–Crippen MR) is 135 cm³/mol. The minimum atomic E-state index is -4.33. The lowest BCUT2D eigenvalue weighted by Crippen LogP contribution is -2.43. The average molecular weight is 517 g/mol. The predicted octanol–water partition coefficient (Wildman–Crippen LogP) is 3.52. The van der Waals surface area contributed by atoms with Crippen LogP contribution in [0.5, 0.6) is 0 Å². The summed E-state index contributed by atoms with van der Waals surface area (Å²) < 4.78 is 45.1. The van der Waals surface area contributed by atoms with Crippen molar-refractivity contribution in [2.24, 2.45) is 5.73 Å². The molecule has 1 fully saturated rings. The Balaban J connectivity index is 1.35. The molecular formula is C27H31F3N4O3. The number of primary amides is 1. The van der Waals surface area contributed by atoms with Crippen LogP contribution in [0, 0.1) is 0 Å². The van der Waals surface area contributed by atoms with Crippen molar-refractivity contribution in [3.8, 4) is 0 Å². The van der Waals surface area contributed by atoms with Crippen LogP contribution in [-0.2, 0) is 30.6 Å². The molecule has 0 saturated carbocycles. The molecule has 2 heterocycles. The molecule has 1 aliphatic heterocycles. The molecule has 3 aromatic rings. The molecule has 0 atom stereocenters. The first-order chi connectivity index (χ1) is 17.7. The minimum Gasteiger partial charge on any atom is -0.380 e. The Morgan fingerprint density at radius 2 is 1.73 bits per heavy atom. The van der Waals surface area contributed by atoms with Gasteiger partial charge in [-0.3, -0.25) is 9.59 Å². The van der Waals surface area contributed by atoms with Crippen LogP contribution in [0.2, 0.25) is 0 Å². The topological polar surface area (TPSA) is 89.6 Å². The normalized spacial score (nSPS) is 15.4. The summed E-state index contributed by atoms with van der Waals surface area (Å²) in [7, 11) is 1.60. The van der Waals surface area contributed by atoms with Crippen molar-refractivity contribution in [2.75, 3.05) is 26.7 Å². The lowest BCUT2D eigenvalue weighted by Gasteiger charge is -2.32. The van der Waals surface area contributed by atoms with Crippen LogP contribution in [0.4, 0.5) is 13.2 Å². The number of carbonyl (C=O) groups is 1. The molecule has 3 N–H and O–H groups in total. The van der Waals surface area contributed by atoms with Gasteiger partial charge < -0.3 is 25.3 Å². The highest BCUT2D eigenvalue weighted by atomic mass is 19.4. The van der Waals surface area contributed by atoms with E-state index in [2.05, 4.69) is 10.2 Å². The number of nitrogens with one attached hydrogen (secondary N) is 1. The second kappa shape index (κ2) is 11.5. The van der Waals surface area contributed by atoms with Gasteiger partial charge in [-0.1, -0.05) is 24.3 Å². The van der Waals surface area contributed by atoms with E-state index in [1.165, 1.54) is 18.2 Å². The van der Waals surface area contributed by atoms with Crippen molar-refractivity contribution in [3.63, 3.8) is 0 Å². The van der Waals surface area contributed by atoms with Gasteiger partial charge in [-0.15, -0.1) is 0 Å². The van der Waals surface area contributed by atoms with Crippen LogP contribution in [0.15, 0.2) is 53.3 Å². The highest BCUT2D eigenvalue weighted by Gasteiger charge is 2.30. The largest absolute Gasteiger partial charge is 0.416 e. The number of fused-ring (bicyclic) bond motifs is 1. The van der Waals surface area contributed by atoms with E-state index in [4.69, 9.17) is 10.5 Å². The van der Waals surface area contributed by atoms with E-state index in [0.717, 1.165) is 49.2 Å². The number of nitrogens with two attached hydrogens (primary N) is 1. The molecule has 2 aromatic carbocycles. The molecular weight excluding hydrogens is 485 g/mol. The third kappa shape index (κ3) is 6.57. The molecule has 0 radical (unpaired) electrons. The van der Waals surface area contributed by atoms with Crippen molar-refractivity contribution in [2.45, 2.75) is 44.8 Å². The summed E-state index contributed by atoms with van der Waals surface area (Å²) in [5, 5.41) is 4.08. The summed E-state index contributed by atoms with van der Waals surface area (Å²) in [6.07, 6.45) is -2.53. The number of pyridine rings is 1. The van der Waals surface area contributed by atoms with E-state index >= 15 is 0 Å². The minimum absolute atomic E-state index is 0.208. The Bertz CT molecular complexity index is 1300. The number of ether oxygens (including phenoxy) is 1. The first kappa shape index (κ1) is 26.8. The molecule has 10 heteroatoms. The Morgan fingerprint density at radius 1 is 1.05 bits per heavy atom. The number of hydrogen-bond donors (Lipinski definition) is 2. The molecule has 0 aliphatic carbocycles. The zero-order valence-corrected chi connectivity index (χ0v) is 20.7. The van der Waals surface area contributed by atoms with Crippen molar-refractivity contribution in [1.82, 2.24) is 14.8 Å². The van der Waals surface area contributed by atoms with Gasteiger partial charge in [0.05, 0.1) is 23.3 Å². The standard InChI is InChI=1S/C27H31F3N4O3/c1-37-17-19-4-7-22-23(26(31)36)15-25(35)34(24(22)14-19)13-12-33-10-8-21(9-11-33)32-16-18-2-5-20(6-3-18)27(28,29)30/h2-7,14-15,21,32H,8-13,16-17H2,1H3,(H2,31,36). The second-order valence-corrected chi connectivity index (χ2v) is 9.39. The lowest BCUT2D eigenvalue weighted by atomic mass is 10.0. The van der Waals surface area contributed by atoms with Gasteiger partial charge in [0.25, 0.3) is 5.56 Å². The molecule has 1 aromatic heterocycles. The molecule has 7 nitrogen and oxygen atoms in total. The van der Waals surface area contributed by atoms with Gasteiger partial charge in [0.1, 0.15) is 0 Å². The van der Waals surface area contributed by atoms with Crippen molar-refractivity contribution in [1.29, 1.82) is 0 Å². The van der Waals surface area contributed by atoms with E-state index < -0.39 is 17.6 Å². The number of methoxy groups -OCH3 is 1. The molecule has 4 rings (SSSR count). The number of carbonyl (C=O) groups excluding carboxylic acids is 1. The SMILES string of the molecule is COCc1ccc2c(C(N)=O)cc(=O)n(CCN3CCC(NCc4ccc(C(F)(F)F)cc4)CC3)c2c1. The van der Waals surface area contributed by atoms with Gasteiger partial charge in [-0.05, 0) is 55.3 Å². The Labute approximate surface area is 213 Å². The summed E-state index contributed by atoms with van der Waals surface area (Å²) in [6.45, 7) is 3.72. The fourth-order valence-electron chi connectivity index (χ4n) is 4.79. The van der Waals surface area contributed by atoms with E-state index in [9.17, 15) is 22.8 Å².